The Hall–Kier alpha value is -0.390. The zero-order valence-corrected chi connectivity index (χ0v) is 3.59. The fourth-order valence-electron chi connectivity index (χ4n) is 0.457. The van der Waals surface area contributed by atoms with Gasteiger partial charge in [-0.3, -0.25) is 0 Å². The maximum atomic E-state index is 7.21. The summed E-state index contributed by atoms with van der Waals surface area (Å²) in [5, 5.41) is 0. The molecule has 0 amide bonds. The van der Waals surface area contributed by atoms with Gasteiger partial charge in [0.05, 0.1) is 7.45 Å². The van der Waals surface area contributed by atoms with Gasteiger partial charge in [-0.25, -0.2) is 0 Å². The monoisotopic (exact) mass is 83.1 g/mol. The predicted molar refractivity (Wildman–Crippen MR) is 27.3 cm³/mol. The molecule has 6 heavy (non-hydrogen) atoms. The Labute approximate surface area is 41.7 Å². The van der Waals surface area contributed by atoms with Crippen LogP contribution in [0.25, 0.3) is 0 Å². The van der Waals surface area contributed by atoms with E-state index >= 15 is 0 Å². The van der Waals surface area contributed by atoms with Crippen molar-refractivity contribution in [1.29, 1.82) is 0 Å². The van der Waals surface area contributed by atoms with Crippen molar-refractivity contribution < 1.29 is 2.74 Å². The molecule has 1 aliphatic carbocycles. The SMILES string of the molecule is [2H][C@H]1[CH+]C=CC[C@@H]1[2H]. The number of hydrogen-bond donors (Lipinski definition) is 0. The molecular formula is C6H9+. The van der Waals surface area contributed by atoms with Gasteiger partial charge in [0.1, 0.15) is 0 Å². The first-order chi connectivity index (χ1) is 3.80. The first kappa shape index (κ1) is 2.06. The van der Waals surface area contributed by atoms with Crippen LogP contribution >= 0.6 is 0 Å². The molecule has 0 heterocycles. The van der Waals surface area contributed by atoms with E-state index in [4.69, 9.17) is 2.74 Å². The largest absolute Gasteiger partial charge is 0.0893 e. The summed E-state index contributed by atoms with van der Waals surface area (Å²) in [5.74, 6) is 0. The summed E-state index contributed by atoms with van der Waals surface area (Å²) >= 11 is 0. The highest BCUT2D eigenvalue weighted by Gasteiger charge is 1.95. The molecule has 1 rings (SSSR count). The average molecular weight is 83.2 g/mol. The van der Waals surface area contributed by atoms with E-state index in [1.54, 1.807) is 6.42 Å². The Morgan fingerprint density at radius 2 is 2.83 bits per heavy atom. The maximum absolute atomic E-state index is 7.21. The van der Waals surface area contributed by atoms with Gasteiger partial charge < -0.3 is 0 Å². The van der Waals surface area contributed by atoms with Crippen molar-refractivity contribution >= 4 is 0 Å². The Morgan fingerprint density at radius 3 is 3.33 bits per heavy atom. The number of rotatable bonds is 0. The summed E-state index contributed by atoms with van der Waals surface area (Å²) in [6.45, 7) is 0. The summed E-state index contributed by atoms with van der Waals surface area (Å²) < 4.78 is 14.4. The van der Waals surface area contributed by atoms with Gasteiger partial charge in [-0.05, 0) is 6.40 Å². The van der Waals surface area contributed by atoms with Gasteiger partial charge in [0.2, 0.25) is 0 Å². The standard InChI is InChI=1S/C6H9/c1-2-4-6-5-3-1/h1-3H,4-6H2/q+1/i4D,6D/t4-,6+/m0/s1. The third-order valence-electron chi connectivity index (χ3n) is 0.767. The lowest BCUT2D eigenvalue weighted by Gasteiger charge is -1.88. The summed E-state index contributed by atoms with van der Waals surface area (Å²) in [4.78, 5) is 0. The van der Waals surface area contributed by atoms with E-state index in [0.717, 1.165) is 6.42 Å². The van der Waals surface area contributed by atoms with E-state index in [1.807, 2.05) is 12.2 Å². The van der Waals surface area contributed by atoms with Crippen LogP contribution in [0.2, 0.25) is 0 Å². The van der Waals surface area contributed by atoms with Crippen LogP contribution in [0.1, 0.15) is 22.0 Å². The number of allylic oxidation sites excluding steroid dienone is 2. The molecule has 0 aromatic rings. The van der Waals surface area contributed by atoms with Gasteiger partial charge in [-0.2, -0.15) is 0 Å². The zero-order chi connectivity index (χ0) is 5.98. The molecule has 0 bridgehead atoms. The van der Waals surface area contributed by atoms with E-state index in [0.29, 0.717) is 0 Å². The van der Waals surface area contributed by atoms with Crippen LogP contribution in [0.5, 0.6) is 0 Å². The van der Waals surface area contributed by atoms with Crippen LogP contribution in [0, 0.1) is 6.42 Å². The molecule has 32 valence electrons. The first-order valence-electron chi connectivity index (χ1n) is 3.30. The minimum Gasteiger partial charge on any atom is -0.0106 e. The van der Waals surface area contributed by atoms with Gasteiger partial charge in [0.25, 0.3) is 0 Å². The lowest BCUT2D eigenvalue weighted by molar-refractivity contribution is 0.817. The van der Waals surface area contributed by atoms with Crippen molar-refractivity contribution in [3.05, 3.63) is 18.6 Å². The quantitative estimate of drug-likeness (QED) is 0.392. The van der Waals surface area contributed by atoms with E-state index in [9.17, 15) is 0 Å². The normalized spacial score (nSPS) is 49.3. The summed E-state index contributed by atoms with van der Waals surface area (Å²) in [5.41, 5.74) is 0. The van der Waals surface area contributed by atoms with Gasteiger partial charge in [-0.1, -0.05) is 0 Å². The minimum absolute atomic E-state index is 0.222. The Kier molecular flexibility index (Phi) is 0.655. The molecule has 0 saturated carbocycles. The summed E-state index contributed by atoms with van der Waals surface area (Å²) in [6, 6.07) is 0. The third-order valence-corrected chi connectivity index (χ3v) is 0.767. The van der Waals surface area contributed by atoms with E-state index in [-0.39, 0.29) is 12.8 Å². The van der Waals surface area contributed by atoms with Gasteiger partial charge in [-0.15, -0.1) is 0 Å². The first-order valence-corrected chi connectivity index (χ1v) is 2.15. The minimum atomic E-state index is -0.292. The Bertz CT molecular complexity index is 86.7. The highest BCUT2D eigenvalue weighted by molar-refractivity contribution is 4.98. The van der Waals surface area contributed by atoms with Crippen molar-refractivity contribution in [2.45, 2.75) is 19.2 Å². The molecule has 0 nitrogen and oxygen atoms in total. The zero-order valence-electron chi connectivity index (χ0n) is 5.59. The van der Waals surface area contributed by atoms with E-state index in [2.05, 4.69) is 0 Å². The predicted octanol–water partition coefficient (Wildman–Crippen LogP) is 1.93. The van der Waals surface area contributed by atoms with Crippen LogP contribution in [0.4, 0.5) is 0 Å². The van der Waals surface area contributed by atoms with E-state index in [1.165, 1.54) is 0 Å². The molecule has 0 N–H and O–H groups in total. The molecule has 0 aromatic carbocycles. The van der Waals surface area contributed by atoms with Crippen molar-refractivity contribution in [2.75, 3.05) is 0 Å². The molecule has 0 fully saturated rings. The molecule has 0 spiro atoms. The van der Waals surface area contributed by atoms with Crippen LogP contribution in [-0.2, 0) is 0 Å². The summed E-state index contributed by atoms with van der Waals surface area (Å²) in [7, 11) is 0. The lowest BCUT2D eigenvalue weighted by Crippen LogP contribution is -1.78. The lowest BCUT2D eigenvalue weighted by atomic mass is 10.1. The second kappa shape index (κ2) is 1.91. The molecule has 0 aromatic heterocycles. The second-order valence-corrected chi connectivity index (χ2v) is 1.28. The molecule has 1 aliphatic rings. The average Bonchev–Trinajstić information content (AvgIpc) is 1.77. The molecular weight excluding hydrogens is 72.1 g/mol. The molecule has 0 heteroatoms. The van der Waals surface area contributed by atoms with Crippen LogP contribution in [-0.4, -0.2) is 0 Å². The highest BCUT2D eigenvalue weighted by Crippen LogP contribution is 2.06. The second-order valence-electron chi connectivity index (χ2n) is 1.28. The number of hydrogen-bond acceptors (Lipinski definition) is 0. The van der Waals surface area contributed by atoms with Crippen molar-refractivity contribution in [3.63, 3.8) is 0 Å². The molecule has 0 unspecified atom stereocenters. The fourth-order valence-corrected chi connectivity index (χ4v) is 0.457. The van der Waals surface area contributed by atoms with Gasteiger partial charge in [0.15, 0.2) is 0 Å². The van der Waals surface area contributed by atoms with Crippen LogP contribution < -0.4 is 0 Å². The molecule has 0 aliphatic heterocycles. The van der Waals surface area contributed by atoms with Gasteiger partial charge in [0, 0.05) is 26.7 Å². The van der Waals surface area contributed by atoms with Crippen LogP contribution in [0.3, 0.4) is 0 Å². The summed E-state index contributed by atoms with van der Waals surface area (Å²) in [6.07, 6.45) is 5.78. The smallest absolute Gasteiger partial charge is 0.0106 e. The Balaban J connectivity index is 2.44. The molecule has 2 atom stereocenters. The molecule has 0 radical (unpaired) electrons. The third kappa shape index (κ3) is 0.781. The maximum Gasteiger partial charge on any atom is 0.0893 e. The van der Waals surface area contributed by atoms with Crippen molar-refractivity contribution in [3.8, 4) is 0 Å². The van der Waals surface area contributed by atoms with E-state index < -0.39 is 0 Å². The topological polar surface area (TPSA) is 0 Å². The Morgan fingerprint density at radius 1 is 1.83 bits per heavy atom. The van der Waals surface area contributed by atoms with Crippen molar-refractivity contribution in [2.24, 2.45) is 0 Å². The van der Waals surface area contributed by atoms with Gasteiger partial charge >= 0.3 is 0 Å². The van der Waals surface area contributed by atoms with Crippen LogP contribution in [0.15, 0.2) is 12.2 Å². The molecule has 0 saturated heterocycles. The van der Waals surface area contributed by atoms with Crippen molar-refractivity contribution in [1.82, 2.24) is 0 Å². The fraction of sp³-hybridized carbons (Fsp3) is 0.500. The highest BCUT2D eigenvalue weighted by atomic mass is 13.9.